The molecule has 0 bridgehead atoms. The third-order valence-electron chi connectivity index (χ3n) is 6.91. The van der Waals surface area contributed by atoms with Gasteiger partial charge >= 0.3 is 0 Å². The maximum Gasteiger partial charge on any atom is 0.255 e. The van der Waals surface area contributed by atoms with Crippen LogP contribution in [-0.4, -0.2) is 27.3 Å². The summed E-state index contributed by atoms with van der Waals surface area (Å²) in [6.45, 7) is 8.57. The van der Waals surface area contributed by atoms with Gasteiger partial charge in [-0.1, -0.05) is 61.2 Å². The summed E-state index contributed by atoms with van der Waals surface area (Å²) < 4.78 is 21.7. The van der Waals surface area contributed by atoms with Crippen molar-refractivity contribution in [1.82, 2.24) is 14.8 Å². The Morgan fingerprint density at radius 2 is 1.85 bits per heavy atom. The Kier molecular flexibility index (Phi) is 8.21. The number of fused-ring (bicyclic) bond motifs is 1. The van der Waals surface area contributed by atoms with Crippen LogP contribution in [0.3, 0.4) is 0 Å². The van der Waals surface area contributed by atoms with Crippen molar-refractivity contribution in [3.05, 3.63) is 106 Å². The number of hydrogen-bond donors (Lipinski definition) is 2. The van der Waals surface area contributed by atoms with Crippen molar-refractivity contribution in [2.24, 2.45) is 0 Å². The van der Waals surface area contributed by atoms with Crippen LogP contribution in [0, 0.1) is 19.7 Å². The second-order valence-corrected chi connectivity index (χ2v) is 10.7. The van der Waals surface area contributed by atoms with Gasteiger partial charge < -0.3 is 15.4 Å². The summed E-state index contributed by atoms with van der Waals surface area (Å²) >= 11 is 1.34. The van der Waals surface area contributed by atoms with Gasteiger partial charge in [-0.2, -0.15) is 4.98 Å². The van der Waals surface area contributed by atoms with Crippen molar-refractivity contribution < 1.29 is 13.9 Å². The van der Waals surface area contributed by atoms with E-state index >= 15 is 0 Å². The molecular weight excluding hydrogens is 525 g/mol. The highest BCUT2D eigenvalue weighted by atomic mass is 32.2. The molecule has 1 unspecified atom stereocenters. The number of nitrogens with zero attached hydrogens (tertiary/aromatic N) is 3. The number of amides is 1. The van der Waals surface area contributed by atoms with Gasteiger partial charge in [0.15, 0.2) is 0 Å². The molecule has 2 N–H and O–H groups in total. The van der Waals surface area contributed by atoms with Gasteiger partial charge in [-0.05, 0) is 73.7 Å². The van der Waals surface area contributed by atoms with Crippen LogP contribution in [0.4, 0.5) is 16.0 Å². The van der Waals surface area contributed by atoms with Gasteiger partial charge in [0.2, 0.25) is 11.1 Å². The van der Waals surface area contributed by atoms with Crippen LogP contribution >= 0.6 is 11.8 Å². The van der Waals surface area contributed by atoms with Crippen molar-refractivity contribution in [3.8, 4) is 5.75 Å². The molecule has 206 valence electrons. The molecule has 1 amide bonds. The predicted octanol–water partition coefficient (Wildman–Crippen LogP) is 7.04. The molecule has 0 saturated carbocycles. The number of halogens is 1. The zero-order chi connectivity index (χ0) is 28.2. The fraction of sp³-hybridized carbons (Fsp3) is 0.258. The molecular formula is C31H32FN5O2S. The topological polar surface area (TPSA) is 81.1 Å². The Bertz CT molecular complexity index is 1560. The van der Waals surface area contributed by atoms with Crippen LogP contribution in [0.25, 0.3) is 0 Å². The largest absolute Gasteiger partial charge is 0.494 e. The number of benzene rings is 3. The standard InChI is InChI=1S/C31H32FN5O2S/c1-5-17-39-24-15-13-22(14-16-24)28-27(29(38)34-26-12-8-9-19(2)20(26)3)21(4)33-30-35-31(36-37(28)30)40-18-23-10-6-7-11-25(23)32/h6-16,28H,5,17-18H2,1-4H3,(H,34,38)(H,33,35,36). The van der Waals surface area contributed by atoms with Crippen LogP contribution in [0.15, 0.2) is 83.2 Å². The summed E-state index contributed by atoms with van der Waals surface area (Å²) in [4.78, 5) is 18.5. The molecule has 5 rings (SSSR count). The molecule has 1 aliphatic heterocycles. The number of aromatic nitrogens is 3. The molecule has 0 saturated heterocycles. The predicted molar refractivity (Wildman–Crippen MR) is 157 cm³/mol. The van der Waals surface area contributed by atoms with E-state index in [1.54, 1.807) is 16.8 Å². The zero-order valence-corrected chi connectivity index (χ0v) is 23.8. The summed E-state index contributed by atoms with van der Waals surface area (Å²) in [5, 5.41) is 11.6. The van der Waals surface area contributed by atoms with Crippen LogP contribution in [-0.2, 0) is 10.5 Å². The first-order valence-electron chi connectivity index (χ1n) is 13.3. The van der Waals surface area contributed by atoms with Crippen molar-refractivity contribution in [2.45, 2.75) is 51.1 Å². The summed E-state index contributed by atoms with van der Waals surface area (Å²) in [5.41, 5.74) is 5.54. The number of anilines is 2. The number of carbonyl (C=O) groups is 1. The van der Waals surface area contributed by atoms with Gasteiger partial charge in [-0.3, -0.25) is 4.79 Å². The highest BCUT2D eigenvalue weighted by Gasteiger charge is 2.34. The highest BCUT2D eigenvalue weighted by Crippen LogP contribution is 2.38. The summed E-state index contributed by atoms with van der Waals surface area (Å²) in [7, 11) is 0. The summed E-state index contributed by atoms with van der Waals surface area (Å²) in [6.07, 6.45) is 0.913. The average molecular weight is 558 g/mol. The second kappa shape index (κ2) is 12.0. The molecule has 1 atom stereocenters. The lowest BCUT2D eigenvalue weighted by molar-refractivity contribution is -0.113. The fourth-order valence-corrected chi connectivity index (χ4v) is 5.41. The molecule has 0 spiro atoms. The van der Waals surface area contributed by atoms with Crippen molar-refractivity contribution >= 4 is 29.3 Å². The molecule has 4 aromatic rings. The molecule has 7 nitrogen and oxygen atoms in total. The Balaban J connectivity index is 1.49. The minimum Gasteiger partial charge on any atom is -0.494 e. The lowest BCUT2D eigenvalue weighted by Gasteiger charge is -2.29. The molecule has 1 aromatic heterocycles. The van der Waals surface area contributed by atoms with Crippen molar-refractivity contribution in [3.63, 3.8) is 0 Å². The first kappa shape index (κ1) is 27.5. The van der Waals surface area contributed by atoms with Gasteiger partial charge in [0.25, 0.3) is 5.91 Å². The van der Waals surface area contributed by atoms with Gasteiger partial charge in [-0.25, -0.2) is 9.07 Å². The number of rotatable bonds is 9. The van der Waals surface area contributed by atoms with Gasteiger partial charge in [0.05, 0.1) is 12.2 Å². The number of nitrogens with one attached hydrogen (secondary N) is 2. The number of allylic oxidation sites excluding steroid dienone is 1. The minimum absolute atomic E-state index is 0.225. The summed E-state index contributed by atoms with van der Waals surface area (Å²) in [5.74, 6) is 1.19. The van der Waals surface area contributed by atoms with Gasteiger partial charge in [-0.15, -0.1) is 5.10 Å². The Morgan fingerprint density at radius 1 is 1.07 bits per heavy atom. The molecule has 2 heterocycles. The Hall–Kier alpha value is -4.11. The van der Waals surface area contributed by atoms with E-state index in [0.29, 0.717) is 40.3 Å². The first-order valence-corrected chi connectivity index (χ1v) is 14.2. The van der Waals surface area contributed by atoms with Crippen molar-refractivity contribution in [1.29, 1.82) is 0 Å². The van der Waals surface area contributed by atoms with Gasteiger partial charge in [0, 0.05) is 17.1 Å². The van der Waals surface area contributed by atoms with Crippen LogP contribution in [0.5, 0.6) is 5.75 Å². The first-order chi connectivity index (χ1) is 19.4. The quantitative estimate of drug-likeness (QED) is 0.215. The minimum atomic E-state index is -0.531. The SMILES string of the molecule is CCCOc1ccc(C2C(C(=O)Nc3cccc(C)c3C)=C(C)Nc3nc(SCc4ccccc4F)nn32)cc1. The van der Waals surface area contributed by atoms with Crippen molar-refractivity contribution in [2.75, 3.05) is 17.2 Å². The van der Waals surface area contributed by atoms with E-state index < -0.39 is 6.04 Å². The number of aryl methyl sites for hydroxylation is 1. The Labute approximate surface area is 237 Å². The smallest absolute Gasteiger partial charge is 0.255 e. The third-order valence-corrected chi connectivity index (χ3v) is 7.80. The molecule has 9 heteroatoms. The van der Waals surface area contributed by atoms with Crippen LogP contribution < -0.4 is 15.4 Å². The van der Waals surface area contributed by atoms with E-state index in [2.05, 4.69) is 22.5 Å². The molecule has 0 fully saturated rings. The summed E-state index contributed by atoms with van der Waals surface area (Å²) in [6, 6.07) is 19.7. The van der Waals surface area contributed by atoms with E-state index in [0.717, 1.165) is 34.5 Å². The maximum absolute atomic E-state index is 14.2. The second-order valence-electron chi connectivity index (χ2n) is 9.73. The third kappa shape index (κ3) is 5.74. The molecule has 0 radical (unpaired) electrons. The van der Waals surface area contributed by atoms with E-state index in [1.165, 1.54) is 17.8 Å². The lowest BCUT2D eigenvalue weighted by Crippen LogP contribution is -2.31. The van der Waals surface area contributed by atoms with E-state index in [9.17, 15) is 9.18 Å². The normalized spacial score (nSPS) is 14.5. The number of ether oxygens (including phenoxy) is 1. The number of hydrogen-bond acceptors (Lipinski definition) is 6. The van der Waals surface area contributed by atoms with Gasteiger partial charge in [0.1, 0.15) is 17.6 Å². The highest BCUT2D eigenvalue weighted by molar-refractivity contribution is 7.98. The fourth-order valence-electron chi connectivity index (χ4n) is 4.60. The van der Waals surface area contributed by atoms with E-state index in [1.807, 2.05) is 69.3 Å². The monoisotopic (exact) mass is 557 g/mol. The number of carbonyl (C=O) groups excluding carboxylic acids is 1. The Morgan fingerprint density at radius 3 is 2.60 bits per heavy atom. The number of thioether (sulfide) groups is 1. The average Bonchev–Trinajstić information content (AvgIpc) is 3.35. The van der Waals surface area contributed by atoms with Crippen LogP contribution in [0.2, 0.25) is 0 Å². The molecule has 3 aromatic carbocycles. The maximum atomic E-state index is 14.2. The van der Waals surface area contributed by atoms with Crippen LogP contribution in [0.1, 0.15) is 48.6 Å². The van der Waals surface area contributed by atoms with E-state index in [-0.39, 0.29) is 11.7 Å². The molecule has 0 aliphatic carbocycles. The lowest BCUT2D eigenvalue weighted by atomic mass is 9.94. The molecule has 40 heavy (non-hydrogen) atoms. The molecule has 1 aliphatic rings. The van der Waals surface area contributed by atoms with E-state index in [4.69, 9.17) is 9.84 Å². The zero-order valence-electron chi connectivity index (χ0n) is 23.0.